The predicted molar refractivity (Wildman–Crippen MR) is 114 cm³/mol. The molecule has 0 aliphatic carbocycles. The van der Waals surface area contributed by atoms with E-state index >= 15 is 0 Å². The van der Waals surface area contributed by atoms with Gasteiger partial charge in [-0.25, -0.2) is 4.79 Å². The maximum atomic E-state index is 11.6. The second kappa shape index (κ2) is 15.8. The Labute approximate surface area is 159 Å². The molecule has 0 heterocycles. The van der Waals surface area contributed by atoms with Crippen LogP contribution in [0.25, 0.3) is 0 Å². The topological polar surface area (TPSA) is 56.8 Å². The lowest BCUT2D eigenvalue weighted by molar-refractivity contribution is 0.145. The first-order chi connectivity index (χ1) is 10.7. The number of hydrogen-bond acceptors (Lipinski definition) is 4. The van der Waals surface area contributed by atoms with Gasteiger partial charge in [0.15, 0.2) is 8.32 Å². The molecule has 0 saturated carbocycles. The minimum atomic E-state index is -1.98. The average molecular weight is 396 g/mol. The molecule has 0 aromatic heterocycles. The molecule has 0 aromatic rings. The van der Waals surface area contributed by atoms with Gasteiger partial charge in [-0.15, -0.1) is 0 Å². The fraction of sp³-hybridized carbons (Fsp3) is 0.944. The number of alkyl carbamates (subject to hydrolysis) is 1. The number of unbranched alkanes of at least 4 members (excludes halogenated alkanes) is 4. The Hall–Kier alpha value is -0.376. The summed E-state index contributed by atoms with van der Waals surface area (Å²) in [6.07, 6.45) is 6.50. The minimum absolute atomic E-state index is 0. The molecule has 0 radical (unpaired) electrons. The summed E-state index contributed by atoms with van der Waals surface area (Å²) in [7, 11) is -2.02. The van der Waals surface area contributed by atoms with Crippen LogP contribution in [0.2, 0.25) is 32.2 Å². The monoisotopic (exact) mass is 395 g/mol. The Morgan fingerprint density at radius 2 is 1.56 bits per heavy atom. The van der Waals surface area contributed by atoms with E-state index in [0.29, 0.717) is 13.2 Å². The van der Waals surface area contributed by atoms with Crippen LogP contribution < -0.4 is 5.32 Å². The summed E-state index contributed by atoms with van der Waals surface area (Å²) in [6.45, 7) is 11.9. The smallest absolute Gasteiger partial charge is 0.407 e. The summed E-state index contributed by atoms with van der Waals surface area (Å²) < 4.78 is 16.9. The van der Waals surface area contributed by atoms with E-state index in [4.69, 9.17) is 13.3 Å². The van der Waals surface area contributed by atoms with Gasteiger partial charge in [0.1, 0.15) is 0 Å². The molecule has 0 aliphatic heterocycles. The van der Waals surface area contributed by atoms with E-state index in [1.807, 2.05) is 0 Å². The maximum absolute atomic E-state index is 11.6. The van der Waals surface area contributed by atoms with Crippen molar-refractivity contribution < 1.29 is 18.1 Å². The summed E-state index contributed by atoms with van der Waals surface area (Å²) in [5.74, 6) is 0. The van der Waals surface area contributed by atoms with Gasteiger partial charge in [-0.2, -0.15) is 0 Å². The lowest BCUT2D eigenvalue weighted by Crippen LogP contribution is -2.45. The van der Waals surface area contributed by atoms with E-state index in [-0.39, 0.29) is 20.9 Å². The Kier molecular flexibility index (Phi) is 18.6. The number of nitrogens with one attached hydrogen (secondary N) is 1. The van der Waals surface area contributed by atoms with E-state index in [9.17, 15) is 4.79 Å². The first kappa shape index (κ1) is 29.4. The molecule has 0 aromatic carbocycles. The van der Waals surface area contributed by atoms with Crippen molar-refractivity contribution >= 4 is 23.0 Å². The van der Waals surface area contributed by atoms with Crippen LogP contribution in [0, 0.1) is 0 Å². The van der Waals surface area contributed by atoms with Crippen LogP contribution in [-0.4, -0.2) is 43.2 Å². The Bertz CT molecular complexity index is 326. The molecule has 0 aliphatic rings. The first-order valence-electron chi connectivity index (χ1n) is 8.88. The zero-order valence-corrected chi connectivity index (χ0v) is 18.0. The SMILES string of the molecule is C.C.CCCCCCCNC(=O)OCCC[Si](C)(C)O[Si](C)(C)OC. The number of ether oxygens (including phenoxy) is 1. The van der Waals surface area contributed by atoms with Gasteiger partial charge in [0.25, 0.3) is 0 Å². The van der Waals surface area contributed by atoms with Crippen molar-refractivity contribution in [3.8, 4) is 0 Å². The Morgan fingerprint density at radius 3 is 2.12 bits per heavy atom. The van der Waals surface area contributed by atoms with Crippen LogP contribution >= 0.6 is 0 Å². The van der Waals surface area contributed by atoms with Gasteiger partial charge >= 0.3 is 14.7 Å². The molecule has 0 rings (SSSR count). The average Bonchev–Trinajstić information content (AvgIpc) is 2.46. The van der Waals surface area contributed by atoms with E-state index in [1.54, 1.807) is 7.11 Å². The molecule has 1 amide bonds. The van der Waals surface area contributed by atoms with Crippen molar-refractivity contribution in [2.24, 2.45) is 0 Å². The van der Waals surface area contributed by atoms with Gasteiger partial charge in [0.05, 0.1) is 6.61 Å². The van der Waals surface area contributed by atoms with Gasteiger partial charge in [-0.1, -0.05) is 47.5 Å². The van der Waals surface area contributed by atoms with Crippen molar-refractivity contribution in [3.05, 3.63) is 0 Å². The summed E-state index contributed by atoms with van der Waals surface area (Å²) >= 11 is 0. The van der Waals surface area contributed by atoms with Crippen LogP contribution in [0.1, 0.15) is 60.3 Å². The lowest BCUT2D eigenvalue weighted by atomic mass is 10.1. The largest absolute Gasteiger partial charge is 0.450 e. The van der Waals surface area contributed by atoms with Gasteiger partial charge in [0.2, 0.25) is 0 Å². The molecule has 0 fully saturated rings. The van der Waals surface area contributed by atoms with E-state index < -0.39 is 16.9 Å². The Morgan fingerprint density at radius 1 is 0.960 bits per heavy atom. The van der Waals surface area contributed by atoms with E-state index in [2.05, 4.69) is 38.4 Å². The maximum Gasteiger partial charge on any atom is 0.407 e. The van der Waals surface area contributed by atoms with Crippen LogP contribution in [0.4, 0.5) is 4.79 Å². The van der Waals surface area contributed by atoms with Crippen molar-refractivity contribution in [2.45, 2.75) is 92.5 Å². The lowest BCUT2D eigenvalue weighted by Gasteiger charge is -2.32. The number of amides is 1. The highest BCUT2D eigenvalue weighted by Crippen LogP contribution is 2.20. The second-order valence-electron chi connectivity index (χ2n) is 7.05. The van der Waals surface area contributed by atoms with Crippen molar-refractivity contribution in [2.75, 3.05) is 20.3 Å². The normalized spacial score (nSPS) is 11.3. The standard InChI is InChI=1S/C16H37NO4Si2.2CH4/c1-7-8-9-10-11-13-17-16(18)20-14-12-15-22(3,4)21-23(5,6)19-2;;/h7-15H2,1-6H3,(H,17,18);2*1H4. The van der Waals surface area contributed by atoms with Gasteiger partial charge in [-0.05, 0) is 45.1 Å². The van der Waals surface area contributed by atoms with E-state index in [0.717, 1.165) is 18.9 Å². The van der Waals surface area contributed by atoms with Crippen LogP contribution in [0.3, 0.4) is 0 Å². The summed E-state index contributed by atoms with van der Waals surface area (Å²) in [4.78, 5) is 11.6. The van der Waals surface area contributed by atoms with Crippen molar-refractivity contribution in [1.29, 1.82) is 0 Å². The zero-order chi connectivity index (χ0) is 17.8. The Balaban J connectivity index is -0.00000242. The highest BCUT2D eigenvalue weighted by atomic mass is 28.4. The molecule has 0 saturated heterocycles. The number of hydrogen-bond donors (Lipinski definition) is 1. The van der Waals surface area contributed by atoms with Gasteiger partial charge in [-0.3, -0.25) is 0 Å². The molecule has 25 heavy (non-hydrogen) atoms. The number of carbonyl (C=O) groups is 1. The molecular weight excluding hydrogens is 350 g/mol. The number of rotatable bonds is 13. The quantitative estimate of drug-likeness (QED) is 0.311. The molecule has 7 heteroatoms. The molecule has 154 valence electrons. The molecule has 0 atom stereocenters. The van der Waals surface area contributed by atoms with Gasteiger partial charge in [0, 0.05) is 13.7 Å². The highest BCUT2D eigenvalue weighted by molar-refractivity contribution is 6.82. The van der Waals surface area contributed by atoms with Crippen LogP contribution in [0.15, 0.2) is 0 Å². The third kappa shape index (κ3) is 18.2. The van der Waals surface area contributed by atoms with Gasteiger partial charge < -0.3 is 18.6 Å². The van der Waals surface area contributed by atoms with Crippen LogP contribution in [-0.2, 0) is 13.3 Å². The zero-order valence-electron chi connectivity index (χ0n) is 16.0. The summed E-state index contributed by atoms with van der Waals surface area (Å²) in [5, 5.41) is 2.81. The molecule has 5 nitrogen and oxygen atoms in total. The minimum Gasteiger partial charge on any atom is -0.450 e. The van der Waals surface area contributed by atoms with Crippen molar-refractivity contribution in [3.63, 3.8) is 0 Å². The fourth-order valence-corrected chi connectivity index (χ4v) is 9.45. The number of carbonyl (C=O) groups excluding carboxylic acids is 1. The molecule has 1 N–H and O–H groups in total. The highest BCUT2D eigenvalue weighted by Gasteiger charge is 2.33. The third-order valence-electron chi connectivity index (χ3n) is 3.72. The van der Waals surface area contributed by atoms with E-state index in [1.165, 1.54) is 25.7 Å². The third-order valence-corrected chi connectivity index (χ3v) is 10.4. The molecular formula is C18H45NO4Si2. The predicted octanol–water partition coefficient (Wildman–Crippen LogP) is 5.92. The second-order valence-corrected chi connectivity index (χ2v) is 15.1. The summed E-state index contributed by atoms with van der Waals surface area (Å²) in [6, 6.07) is 0.969. The first-order valence-corrected chi connectivity index (χ1v) is 14.8. The van der Waals surface area contributed by atoms with Crippen LogP contribution in [0.5, 0.6) is 0 Å². The molecule has 0 spiro atoms. The molecule has 0 unspecified atom stereocenters. The molecule has 0 bridgehead atoms. The summed E-state index contributed by atoms with van der Waals surface area (Å²) in [5.41, 5.74) is 0. The van der Waals surface area contributed by atoms with Crippen molar-refractivity contribution in [1.82, 2.24) is 5.32 Å². The fourth-order valence-electron chi connectivity index (χ4n) is 2.39.